The Kier molecular flexibility index (Phi) is 5.87. The summed E-state index contributed by atoms with van der Waals surface area (Å²) in [5, 5.41) is 1.19. The lowest BCUT2D eigenvalue weighted by Gasteiger charge is -2.15. The fourth-order valence-corrected chi connectivity index (χ4v) is 3.23. The highest BCUT2D eigenvalue weighted by molar-refractivity contribution is 5.94. The van der Waals surface area contributed by atoms with Crippen molar-refractivity contribution in [1.29, 1.82) is 0 Å². The molecule has 3 aromatic rings. The largest absolute Gasteiger partial charge is 0.384 e. The van der Waals surface area contributed by atoms with E-state index in [1.165, 1.54) is 23.5 Å². The third kappa shape index (κ3) is 4.37. The number of amides is 1. The molecule has 0 aliphatic carbocycles. The quantitative estimate of drug-likeness (QED) is 0.659. The number of aromatic nitrogens is 3. The van der Waals surface area contributed by atoms with Crippen molar-refractivity contribution in [3.63, 3.8) is 0 Å². The SMILES string of the molecule is CCc1ncnc(-c2ccc(C(=O)N3CCCO3)c(F)c2)c1C#Cc1ccc(N)nc1. The van der Waals surface area contributed by atoms with Crippen molar-refractivity contribution < 1.29 is 14.0 Å². The van der Waals surface area contributed by atoms with Crippen LogP contribution in [0, 0.1) is 17.7 Å². The highest BCUT2D eigenvalue weighted by Crippen LogP contribution is 2.26. The van der Waals surface area contributed by atoms with E-state index in [1.807, 2.05) is 6.92 Å². The Bertz CT molecular complexity index is 1180. The number of aryl methyl sites for hydroxylation is 1. The van der Waals surface area contributed by atoms with Crippen molar-refractivity contribution in [2.75, 3.05) is 18.9 Å². The molecule has 0 radical (unpaired) electrons. The van der Waals surface area contributed by atoms with Gasteiger partial charge in [0.1, 0.15) is 18.0 Å². The molecule has 0 spiro atoms. The lowest BCUT2D eigenvalue weighted by Crippen LogP contribution is -2.27. The lowest BCUT2D eigenvalue weighted by molar-refractivity contribution is -0.0770. The molecule has 1 aromatic carbocycles. The number of nitrogen functional groups attached to an aromatic ring is 1. The summed E-state index contributed by atoms with van der Waals surface area (Å²) in [6, 6.07) is 7.84. The second-order valence-electron chi connectivity index (χ2n) is 6.91. The molecule has 7 nitrogen and oxygen atoms in total. The first kappa shape index (κ1) is 20.4. The maximum atomic E-state index is 14.8. The summed E-state index contributed by atoms with van der Waals surface area (Å²) in [6.07, 6.45) is 4.37. The molecule has 2 N–H and O–H groups in total. The summed E-state index contributed by atoms with van der Waals surface area (Å²) < 4.78 is 14.8. The summed E-state index contributed by atoms with van der Waals surface area (Å²) >= 11 is 0. The molecule has 0 atom stereocenters. The summed E-state index contributed by atoms with van der Waals surface area (Å²) in [7, 11) is 0. The van der Waals surface area contributed by atoms with Crippen LogP contribution in [-0.2, 0) is 11.3 Å². The molecule has 4 rings (SSSR count). The summed E-state index contributed by atoms with van der Waals surface area (Å²) in [5.74, 6) is 5.41. The van der Waals surface area contributed by atoms with E-state index in [4.69, 9.17) is 10.6 Å². The Balaban J connectivity index is 1.72. The van der Waals surface area contributed by atoms with Crippen LogP contribution < -0.4 is 5.73 Å². The zero-order chi connectivity index (χ0) is 21.8. The Labute approximate surface area is 179 Å². The lowest BCUT2D eigenvalue weighted by atomic mass is 10.0. The van der Waals surface area contributed by atoms with Gasteiger partial charge in [-0.25, -0.2) is 24.4 Å². The third-order valence-corrected chi connectivity index (χ3v) is 4.83. The van der Waals surface area contributed by atoms with Gasteiger partial charge >= 0.3 is 0 Å². The van der Waals surface area contributed by atoms with Gasteiger partial charge in [0.05, 0.1) is 35.7 Å². The van der Waals surface area contributed by atoms with Crippen molar-refractivity contribution in [3.05, 3.63) is 71.1 Å². The zero-order valence-corrected chi connectivity index (χ0v) is 16.9. The van der Waals surface area contributed by atoms with Crippen molar-refractivity contribution in [1.82, 2.24) is 20.0 Å². The Morgan fingerprint density at radius 1 is 1.23 bits per heavy atom. The number of halogens is 1. The second-order valence-corrected chi connectivity index (χ2v) is 6.91. The predicted octanol–water partition coefficient (Wildman–Crippen LogP) is 3.00. The first-order valence-corrected chi connectivity index (χ1v) is 9.89. The second kappa shape index (κ2) is 8.90. The van der Waals surface area contributed by atoms with Gasteiger partial charge in [0.15, 0.2) is 0 Å². The average molecular weight is 417 g/mol. The summed E-state index contributed by atoms with van der Waals surface area (Å²) in [5.41, 5.74) is 8.60. The van der Waals surface area contributed by atoms with Crippen molar-refractivity contribution in [2.24, 2.45) is 0 Å². The standard InChI is InChI=1S/C23H20FN5O2/c1-2-20-18(7-4-15-5-9-21(25)26-13-15)22(28-14-27-20)16-6-8-17(19(24)12-16)23(30)29-10-3-11-31-29/h5-6,8-9,12-14H,2-3,10-11H2,1H3,(H2,25,26). The van der Waals surface area contributed by atoms with Gasteiger partial charge in [-0.15, -0.1) is 0 Å². The number of hydrogen-bond acceptors (Lipinski definition) is 6. The number of nitrogens with zero attached hydrogens (tertiary/aromatic N) is 4. The molecule has 1 aliphatic heterocycles. The van der Waals surface area contributed by atoms with Gasteiger partial charge in [0.2, 0.25) is 0 Å². The Morgan fingerprint density at radius 2 is 2.10 bits per heavy atom. The van der Waals surface area contributed by atoms with Crippen molar-refractivity contribution in [3.8, 4) is 23.1 Å². The minimum Gasteiger partial charge on any atom is -0.384 e. The predicted molar refractivity (Wildman–Crippen MR) is 113 cm³/mol. The van der Waals surface area contributed by atoms with E-state index in [-0.39, 0.29) is 5.56 Å². The van der Waals surface area contributed by atoms with E-state index < -0.39 is 11.7 Å². The number of carbonyl (C=O) groups is 1. The van der Waals surface area contributed by atoms with E-state index in [1.54, 1.807) is 24.4 Å². The molecule has 8 heteroatoms. The van der Waals surface area contributed by atoms with Crippen LogP contribution >= 0.6 is 0 Å². The smallest absolute Gasteiger partial charge is 0.280 e. The minimum atomic E-state index is -0.642. The van der Waals surface area contributed by atoms with Gasteiger partial charge in [-0.1, -0.05) is 24.8 Å². The zero-order valence-electron chi connectivity index (χ0n) is 16.9. The number of hydrogen-bond donors (Lipinski definition) is 1. The number of anilines is 1. The van der Waals surface area contributed by atoms with Gasteiger partial charge < -0.3 is 5.73 Å². The molecule has 1 aliphatic rings. The number of nitrogens with two attached hydrogens (primary N) is 1. The number of carbonyl (C=O) groups excluding carboxylic acids is 1. The number of hydroxylamine groups is 2. The molecule has 31 heavy (non-hydrogen) atoms. The molecule has 156 valence electrons. The van der Waals surface area contributed by atoms with E-state index in [0.717, 1.165) is 12.1 Å². The van der Waals surface area contributed by atoms with E-state index >= 15 is 0 Å². The van der Waals surface area contributed by atoms with Gasteiger partial charge in [-0.2, -0.15) is 0 Å². The van der Waals surface area contributed by atoms with Crippen LogP contribution in [0.3, 0.4) is 0 Å². The molecule has 1 fully saturated rings. The van der Waals surface area contributed by atoms with Crippen LogP contribution in [0.25, 0.3) is 11.3 Å². The normalized spacial score (nSPS) is 13.0. The highest BCUT2D eigenvalue weighted by atomic mass is 19.1. The molecule has 0 unspecified atom stereocenters. The molecule has 1 saturated heterocycles. The first-order chi connectivity index (χ1) is 15.1. The number of pyridine rings is 1. The van der Waals surface area contributed by atoms with Gasteiger partial charge in [-0.05, 0) is 37.1 Å². The Hall–Kier alpha value is -3.83. The molecular weight excluding hydrogens is 397 g/mol. The van der Waals surface area contributed by atoms with Crippen LogP contribution in [-0.4, -0.2) is 39.1 Å². The van der Waals surface area contributed by atoms with Crippen LogP contribution in [0.4, 0.5) is 10.2 Å². The average Bonchev–Trinajstić information content (AvgIpc) is 3.33. The van der Waals surface area contributed by atoms with Crippen LogP contribution in [0.2, 0.25) is 0 Å². The monoisotopic (exact) mass is 417 g/mol. The maximum absolute atomic E-state index is 14.8. The molecule has 0 bridgehead atoms. The van der Waals surface area contributed by atoms with E-state index in [0.29, 0.717) is 47.8 Å². The summed E-state index contributed by atoms with van der Waals surface area (Å²) in [4.78, 5) is 30.4. The van der Waals surface area contributed by atoms with Crippen LogP contribution in [0.15, 0.2) is 42.9 Å². The number of benzene rings is 1. The molecule has 0 saturated carbocycles. The Morgan fingerprint density at radius 3 is 2.77 bits per heavy atom. The molecule has 2 aromatic heterocycles. The molecule has 1 amide bonds. The highest BCUT2D eigenvalue weighted by Gasteiger charge is 2.24. The molecule has 3 heterocycles. The maximum Gasteiger partial charge on any atom is 0.280 e. The van der Waals surface area contributed by atoms with Gasteiger partial charge in [-0.3, -0.25) is 9.63 Å². The van der Waals surface area contributed by atoms with Crippen LogP contribution in [0.5, 0.6) is 0 Å². The van der Waals surface area contributed by atoms with Crippen molar-refractivity contribution in [2.45, 2.75) is 19.8 Å². The fraction of sp³-hybridized carbons (Fsp3) is 0.217. The van der Waals surface area contributed by atoms with Crippen molar-refractivity contribution >= 4 is 11.7 Å². The molecular formula is C23H20FN5O2. The van der Waals surface area contributed by atoms with Gasteiger partial charge in [0.25, 0.3) is 5.91 Å². The summed E-state index contributed by atoms with van der Waals surface area (Å²) in [6.45, 7) is 2.86. The van der Waals surface area contributed by atoms with Gasteiger partial charge in [0, 0.05) is 17.3 Å². The third-order valence-electron chi connectivity index (χ3n) is 4.83. The number of rotatable bonds is 3. The minimum absolute atomic E-state index is 0.0454. The van der Waals surface area contributed by atoms with Crippen LogP contribution in [0.1, 0.15) is 40.5 Å². The topological polar surface area (TPSA) is 94.2 Å². The first-order valence-electron chi connectivity index (χ1n) is 9.89. The van der Waals surface area contributed by atoms with E-state index in [9.17, 15) is 9.18 Å². The fourth-order valence-electron chi connectivity index (χ4n) is 3.23. The van der Waals surface area contributed by atoms with E-state index in [2.05, 4.69) is 26.8 Å².